The van der Waals surface area contributed by atoms with E-state index in [2.05, 4.69) is 5.32 Å². The topological polar surface area (TPSA) is 84.9 Å². The SMILES string of the molecule is COCCOc1cccc(NC(=O)CCCC(=O)O)c1. The lowest BCUT2D eigenvalue weighted by Crippen LogP contribution is -2.12. The van der Waals surface area contributed by atoms with Crippen LogP contribution >= 0.6 is 0 Å². The maximum absolute atomic E-state index is 11.6. The molecule has 110 valence electrons. The number of carbonyl (C=O) groups is 2. The first kappa shape index (κ1) is 16.0. The molecule has 0 saturated carbocycles. The molecule has 1 aromatic rings. The number of rotatable bonds is 9. The van der Waals surface area contributed by atoms with Crippen molar-refractivity contribution >= 4 is 17.6 Å². The Labute approximate surface area is 117 Å². The van der Waals surface area contributed by atoms with Crippen molar-refractivity contribution in [3.63, 3.8) is 0 Å². The molecule has 6 nitrogen and oxygen atoms in total. The number of anilines is 1. The van der Waals surface area contributed by atoms with Gasteiger partial charge in [0.25, 0.3) is 0 Å². The molecule has 1 amide bonds. The van der Waals surface area contributed by atoms with Gasteiger partial charge in [-0.05, 0) is 18.6 Å². The molecule has 1 aromatic carbocycles. The number of carboxylic acid groups (broad SMARTS) is 1. The summed E-state index contributed by atoms with van der Waals surface area (Å²) >= 11 is 0. The molecule has 0 bridgehead atoms. The molecule has 0 aliphatic heterocycles. The monoisotopic (exact) mass is 281 g/mol. The fourth-order valence-corrected chi connectivity index (χ4v) is 1.53. The Bertz CT molecular complexity index is 447. The van der Waals surface area contributed by atoms with Crippen LogP contribution in [0.25, 0.3) is 0 Å². The number of carboxylic acids is 1. The zero-order chi connectivity index (χ0) is 14.8. The Hall–Kier alpha value is -2.08. The number of amides is 1. The predicted molar refractivity (Wildman–Crippen MR) is 73.9 cm³/mol. The number of ether oxygens (including phenoxy) is 2. The smallest absolute Gasteiger partial charge is 0.303 e. The minimum absolute atomic E-state index is 0.00636. The molecule has 0 fully saturated rings. The molecule has 1 rings (SSSR count). The van der Waals surface area contributed by atoms with Crippen molar-refractivity contribution in [3.05, 3.63) is 24.3 Å². The zero-order valence-electron chi connectivity index (χ0n) is 11.4. The van der Waals surface area contributed by atoms with Crippen LogP contribution in [-0.2, 0) is 14.3 Å². The fourth-order valence-electron chi connectivity index (χ4n) is 1.53. The quantitative estimate of drug-likeness (QED) is 0.675. The summed E-state index contributed by atoms with van der Waals surface area (Å²) in [5.41, 5.74) is 0.625. The van der Waals surface area contributed by atoms with Crippen molar-refractivity contribution in [3.8, 4) is 5.75 Å². The number of nitrogens with one attached hydrogen (secondary N) is 1. The van der Waals surface area contributed by atoms with E-state index in [1.165, 1.54) is 0 Å². The molecule has 0 spiro atoms. The standard InChI is InChI=1S/C14H19NO5/c1-19-8-9-20-12-5-2-4-11(10-12)15-13(16)6-3-7-14(17)18/h2,4-5,10H,3,6-9H2,1H3,(H,15,16)(H,17,18). The second-order valence-electron chi connectivity index (χ2n) is 4.16. The maximum Gasteiger partial charge on any atom is 0.303 e. The van der Waals surface area contributed by atoms with Crippen LogP contribution in [0.15, 0.2) is 24.3 Å². The summed E-state index contributed by atoms with van der Waals surface area (Å²) in [6.45, 7) is 0.929. The molecule has 0 unspecified atom stereocenters. The minimum atomic E-state index is -0.897. The van der Waals surface area contributed by atoms with Gasteiger partial charge in [-0.15, -0.1) is 0 Å². The molecule has 2 N–H and O–H groups in total. The lowest BCUT2D eigenvalue weighted by molar-refractivity contribution is -0.137. The van der Waals surface area contributed by atoms with Crippen molar-refractivity contribution in [1.29, 1.82) is 0 Å². The average Bonchev–Trinajstić information content (AvgIpc) is 2.39. The third-order valence-corrected chi connectivity index (χ3v) is 2.47. The number of benzene rings is 1. The van der Waals surface area contributed by atoms with Crippen molar-refractivity contribution in [2.24, 2.45) is 0 Å². The fraction of sp³-hybridized carbons (Fsp3) is 0.429. The zero-order valence-corrected chi connectivity index (χ0v) is 11.4. The largest absolute Gasteiger partial charge is 0.491 e. The molecule has 0 aliphatic rings. The molecule has 0 aromatic heterocycles. The molecule has 0 atom stereocenters. The molecule has 0 aliphatic carbocycles. The first-order valence-corrected chi connectivity index (χ1v) is 6.35. The van der Waals surface area contributed by atoms with Gasteiger partial charge in [-0.3, -0.25) is 9.59 Å². The predicted octanol–water partition coefficient (Wildman–Crippen LogP) is 1.91. The van der Waals surface area contributed by atoms with Crippen molar-refractivity contribution in [2.45, 2.75) is 19.3 Å². The Kier molecular flexibility index (Phi) is 7.13. The van der Waals surface area contributed by atoms with E-state index < -0.39 is 5.97 Å². The lowest BCUT2D eigenvalue weighted by atomic mass is 10.2. The van der Waals surface area contributed by atoms with Crippen LogP contribution in [0.5, 0.6) is 5.75 Å². The van der Waals surface area contributed by atoms with Gasteiger partial charge in [0, 0.05) is 31.7 Å². The van der Waals surface area contributed by atoms with E-state index in [-0.39, 0.29) is 18.7 Å². The van der Waals surface area contributed by atoms with E-state index in [1.54, 1.807) is 31.4 Å². The van der Waals surface area contributed by atoms with Crippen LogP contribution in [0.3, 0.4) is 0 Å². The second-order valence-corrected chi connectivity index (χ2v) is 4.16. The number of aliphatic carboxylic acids is 1. The molecule has 6 heteroatoms. The summed E-state index contributed by atoms with van der Waals surface area (Å²) in [7, 11) is 1.59. The normalized spacial score (nSPS) is 10.1. The van der Waals surface area contributed by atoms with Gasteiger partial charge in [0.15, 0.2) is 0 Å². The van der Waals surface area contributed by atoms with Gasteiger partial charge >= 0.3 is 5.97 Å². The van der Waals surface area contributed by atoms with Gasteiger partial charge in [0.05, 0.1) is 6.61 Å². The maximum atomic E-state index is 11.6. The van der Waals surface area contributed by atoms with Gasteiger partial charge in [-0.1, -0.05) is 6.07 Å². The highest BCUT2D eigenvalue weighted by atomic mass is 16.5. The van der Waals surface area contributed by atoms with Gasteiger partial charge in [-0.2, -0.15) is 0 Å². The summed E-state index contributed by atoms with van der Waals surface area (Å²) in [5.74, 6) is -0.461. The third-order valence-electron chi connectivity index (χ3n) is 2.47. The van der Waals surface area contributed by atoms with Gasteiger partial charge in [0.1, 0.15) is 12.4 Å². The highest BCUT2D eigenvalue weighted by Gasteiger charge is 2.05. The third kappa shape index (κ3) is 6.75. The van der Waals surface area contributed by atoms with E-state index in [9.17, 15) is 9.59 Å². The summed E-state index contributed by atoms with van der Waals surface area (Å²) in [6.07, 6.45) is 0.500. The van der Waals surface area contributed by atoms with Crippen LogP contribution in [-0.4, -0.2) is 37.3 Å². The summed E-state index contributed by atoms with van der Waals surface area (Å²) in [4.78, 5) is 22.0. The molecule has 0 radical (unpaired) electrons. The van der Waals surface area contributed by atoms with E-state index >= 15 is 0 Å². The number of methoxy groups -OCH3 is 1. The molecular formula is C14H19NO5. The van der Waals surface area contributed by atoms with Crippen LogP contribution < -0.4 is 10.1 Å². The van der Waals surface area contributed by atoms with Gasteiger partial charge in [0.2, 0.25) is 5.91 Å². The second kappa shape index (κ2) is 8.92. The Morgan fingerprint density at radius 1 is 1.25 bits per heavy atom. The van der Waals surface area contributed by atoms with Crippen LogP contribution in [0.2, 0.25) is 0 Å². The lowest BCUT2D eigenvalue weighted by Gasteiger charge is -2.08. The molecule has 0 saturated heterocycles. The van der Waals surface area contributed by atoms with Crippen molar-refractivity contribution in [2.75, 3.05) is 25.6 Å². The first-order valence-electron chi connectivity index (χ1n) is 6.35. The highest BCUT2D eigenvalue weighted by Crippen LogP contribution is 2.17. The van der Waals surface area contributed by atoms with E-state index in [4.69, 9.17) is 14.6 Å². The Morgan fingerprint density at radius 2 is 2.05 bits per heavy atom. The van der Waals surface area contributed by atoms with Crippen molar-refractivity contribution in [1.82, 2.24) is 0 Å². The van der Waals surface area contributed by atoms with Crippen LogP contribution in [0.1, 0.15) is 19.3 Å². The van der Waals surface area contributed by atoms with Gasteiger partial charge < -0.3 is 19.9 Å². The number of hydrogen-bond donors (Lipinski definition) is 2. The van der Waals surface area contributed by atoms with Gasteiger partial charge in [-0.25, -0.2) is 0 Å². The number of hydrogen-bond acceptors (Lipinski definition) is 4. The highest BCUT2D eigenvalue weighted by molar-refractivity contribution is 5.91. The molecule has 20 heavy (non-hydrogen) atoms. The minimum Gasteiger partial charge on any atom is -0.491 e. The summed E-state index contributed by atoms with van der Waals surface area (Å²) in [5, 5.41) is 11.2. The molecule has 0 heterocycles. The average molecular weight is 281 g/mol. The van der Waals surface area contributed by atoms with Crippen LogP contribution in [0.4, 0.5) is 5.69 Å². The number of carbonyl (C=O) groups excluding carboxylic acids is 1. The summed E-state index contributed by atoms with van der Waals surface area (Å²) in [6, 6.07) is 7.02. The molecular weight excluding hydrogens is 262 g/mol. The Balaban J connectivity index is 2.40. The van der Waals surface area contributed by atoms with E-state index in [1.807, 2.05) is 0 Å². The first-order chi connectivity index (χ1) is 9.61. The van der Waals surface area contributed by atoms with E-state index in [0.717, 1.165) is 0 Å². The van der Waals surface area contributed by atoms with Crippen molar-refractivity contribution < 1.29 is 24.2 Å². The van der Waals surface area contributed by atoms with Crippen LogP contribution in [0, 0.1) is 0 Å². The summed E-state index contributed by atoms with van der Waals surface area (Å²) < 4.78 is 10.3. The van der Waals surface area contributed by atoms with E-state index in [0.29, 0.717) is 31.1 Å². The Morgan fingerprint density at radius 3 is 2.75 bits per heavy atom.